The molecule has 0 aromatic heterocycles. The minimum absolute atomic E-state index is 0.0723. The second kappa shape index (κ2) is 6.39. The van der Waals surface area contributed by atoms with Crippen LogP contribution < -0.4 is 10.1 Å². The van der Waals surface area contributed by atoms with Crippen LogP contribution in [0.15, 0.2) is 22.7 Å². The van der Waals surface area contributed by atoms with Crippen LogP contribution in [-0.2, 0) is 4.79 Å². The molecule has 0 saturated carbocycles. The Hall–Kier alpha value is -1.07. The molecule has 1 heterocycles. The van der Waals surface area contributed by atoms with Gasteiger partial charge in [0.1, 0.15) is 5.75 Å². The van der Waals surface area contributed by atoms with Gasteiger partial charge < -0.3 is 15.2 Å². The van der Waals surface area contributed by atoms with Gasteiger partial charge in [-0.3, -0.25) is 4.79 Å². The maximum absolute atomic E-state index is 11.9. The summed E-state index contributed by atoms with van der Waals surface area (Å²) in [6.45, 7) is 2.39. The largest absolute Gasteiger partial charge is 0.480 e. The summed E-state index contributed by atoms with van der Waals surface area (Å²) in [6.07, 6.45) is 1.54. The highest BCUT2D eigenvalue weighted by Crippen LogP contribution is 2.30. The summed E-state index contributed by atoms with van der Waals surface area (Å²) < 4.78 is 6.68. The lowest BCUT2D eigenvalue weighted by Gasteiger charge is -2.19. The molecule has 0 radical (unpaired) electrons. The van der Waals surface area contributed by atoms with Crippen LogP contribution in [0.3, 0.4) is 0 Å². The maximum atomic E-state index is 11.9. The summed E-state index contributed by atoms with van der Waals surface area (Å²) in [5.74, 6) is 0.497. The summed E-state index contributed by atoms with van der Waals surface area (Å²) >= 11 is 3.37. The number of amides is 1. The third-order valence-corrected chi connectivity index (χ3v) is 3.67. The fourth-order valence-corrected chi connectivity index (χ4v) is 2.51. The predicted molar refractivity (Wildman–Crippen MR) is 76.1 cm³/mol. The molecule has 0 bridgehead atoms. The van der Waals surface area contributed by atoms with E-state index in [4.69, 9.17) is 4.74 Å². The highest BCUT2D eigenvalue weighted by Gasteiger charge is 2.23. The first-order chi connectivity index (χ1) is 9.08. The van der Waals surface area contributed by atoms with Gasteiger partial charge in [0, 0.05) is 16.6 Å². The molecule has 2 rings (SSSR count). The van der Waals surface area contributed by atoms with Crippen LogP contribution in [0.5, 0.6) is 5.75 Å². The van der Waals surface area contributed by atoms with E-state index in [2.05, 4.69) is 21.2 Å². The van der Waals surface area contributed by atoms with Gasteiger partial charge in [0.05, 0.1) is 6.10 Å². The van der Waals surface area contributed by atoms with Gasteiger partial charge in [-0.25, -0.2) is 0 Å². The molecule has 19 heavy (non-hydrogen) atoms. The van der Waals surface area contributed by atoms with Crippen molar-refractivity contribution in [3.8, 4) is 5.75 Å². The number of hydrogen-bond acceptors (Lipinski definition) is 3. The highest BCUT2D eigenvalue weighted by atomic mass is 79.9. The molecule has 0 aliphatic carbocycles. The Kier molecular flexibility index (Phi) is 4.82. The second-order valence-electron chi connectivity index (χ2n) is 4.75. The van der Waals surface area contributed by atoms with Crippen LogP contribution in [-0.4, -0.2) is 23.7 Å². The third-order valence-electron chi connectivity index (χ3n) is 3.18. The fraction of sp³-hybridized carbons (Fsp3) is 0.500. The lowest BCUT2D eigenvalue weighted by molar-refractivity contribution is -0.127. The Morgan fingerprint density at radius 3 is 3.00 bits per heavy atom. The van der Waals surface area contributed by atoms with Gasteiger partial charge in [-0.15, -0.1) is 0 Å². The van der Waals surface area contributed by atoms with Crippen LogP contribution in [0.1, 0.15) is 37.9 Å². The summed E-state index contributed by atoms with van der Waals surface area (Å²) in [5, 5.41) is 12.6. The topological polar surface area (TPSA) is 58.6 Å². The van der Waals surface area contributed by atoms with Crippen molar-refractivity contribution < 1.29 is 14.6 Å². The molecular weight excluding hydrogens is 310 g/mol. The number of rotatable bonds is 3. The average Bonchev–Trinajstić information content (AvgIpc) is 2.57. The Balaban J connectivity index is 2.19. The molecule has 5 heteroatoms. The van der Waals surface area contributed by atoms with Gasteiger partial charge in [0.25, 0.3) is 5.91 Å². The van der Waals surface area contributed by atoms with E-state index in [1.54, 1.807) is 13.0 Å². The number of aliphatic hydroxyl groups is 1. The third kappa shape index (κ3) is 3.70. The second-order valence-corrected chi connectivity index (χ2v) is 5.67. The smallest absolute Gasteiger partial charge is 0.261 e. The van der Waals surface area contributed by atoms with E-state index >= 15 is 0 Å². The van der Waals surface area contributed by atoms with E-state index in [-0.39, 0.29) is 5.91 Å². The molecule has 2 unspecified atom stereocenters. The van der Waals surface area contributed by atoms with E-state index in [1.807, 2.05) is 12.1 Å². The monoisotopic (exact) mass is 327 g/mol. The zero-order valence-electron chi connectivity index (χ0n) is 10.9. The SMILES string of the molecule is CC(O)c1cc(Br)ccc1OC1CCCCNC1=O. The van der Waals surface area contributed by atoms with Crippen molar-refractivity contribution in [2.24, 2.45) is 0 Å². The van der Waals surface area contributed by atoms with E-state index in [0.717, 1.165) is 17.3 Å². The Morgan fingerprint density at radius 1 is 1.47 bits per heavy atom. The van der Waals surface area contributed by atoms with Crippen molar-refractivity contribution in [1.29, 1.82) is 0 Å². The van der Waals surface area contributed by atoms with Crippen LogP contribution in [0.25, 0.3) is 0 Å². The lowest BCUT2D eigenvalue weighted by Crippen LogP contribution is -2.36. The van der Waals surface area contributed by atoms with Gasteiger partial charge in [-0.1, -0.05) is 15.9 Å². The molecule has 0 spiro atoms. The first-order valence-corrected chi connectivity index (χ1v) is 7.29. The van der Waals surface area contributed by atoms with E-state index in [0.29, 0.717) is 24.3 Å². The van der Waals surface area contributed by atoms with Gasteiger partial charge in [-0.05, 0) is 44.4 Å². The molecule has 1 saturated heterocycles. The van der Waals surface area contributed by atoms with Gasteiger partial charge in [-0.2, -0.15) is 0 Å². The van der Waals surface area contributed by atoms with Crippen molar-refractivity contribution in [2.75, 3.05) is 6.54 Å². The summed E-state index contributed by atoms with van der Waals surface area (Å²) in [5.41, 5.74) is 0.687. The van der Waals surface area contributed by atoms with Crippen molar-refractivity contribution in [3.63, 3.8) is 0 Å². The normalized spacial score (nSPS) is 21.4. The molecule has 2 N–H and O–H groups in total. The minimum Gasteiger partial charge on any atom is -0.480 e. The number of hydrogen-bond donors (Lipinski definition) is 2. The van der Waals surface area contributed by atoms with Crippen LogP contribution in [0.4, 0.5) is 0 Å². The fourth-order valence-electron chi connectivity index (χ4n) is 2.13. The molecule has 1 fully saturated rings. The van der Waals surface area contributed by atoms with E-state index < -0.39 is 12.2 Å². The lowest BCUT2D eigenvalue weighted by atomic mass is 10.1. The van der Waals surface area contributed by atoms with E-state index in [9.17, 15) is 9.90 Å². The average molecular weight is 328 g/mol. The van der Waals surface area contributed by atoms with Crippen molar-refractivity contribution in [1.82, 2.24) is 5.32 Å². The molecule has 1 aromatic rings. The Bertz CT molecular complexity index is 462. The van der Waals surface area contributed by atoms with Crippen LogP contribution >= 0.6 is 15.9 Å². The molecular formula is C14H18BrNO3. The van der Waals surface area contributed by atoms with Crippen molar-refractivity contribution in [3.05, 3.63) is 28.2 Å². The number of carbonyl (C=O) groups excluding carboxylic acids is 1. The summed E-state index contributed by atoms with van der Waals surface area (Å²) in [7, 11) is 0. The summed E-state index contributed by atoms with van der Waals surface area (Å²) in [6, 6.07) is 5.44. The quantitative estimate of drug-likeness (QED) is 0.896. The zero-order valence-corrected chi connectivity index (χ0v) is 12.4. The zero-order chi connectivity index (χ0) is 13.8. The number of ether oxygens (including phenoxy) is 1. The van der Waals surface area contributed by atoms with Crippen LogP contribution in [0, 0.1) is 0 Å². The number of carbonyl (C=O) groups is 1. The number of nitrogens with one attached hydrogen (secondary N) is 1. The molecule has 1 aliphatic rings. The molecule has 1 aromatic carbocycles. The standard InChI is InChI=1S/C14H18BrNO3/c1-9(17)11-8-10(15)5-6-12(11)19-13-4-2-3-7-16-14(13)18/h5-6,8-9,13,17H,2-4,7H2,1H3,(H,16,18). The highest BCUT2D eigenvalue weighted by molar-refractivity contribution is 9.10. The number of halogens is 1. The molecule has 1 aliphatic heterocycles. The van der Waals surface area contributed by atoms with Crippen molar-refractivity contribution >= 4 is 21.8 Å². The minimum atomic E-state index is -0.638. The molecule has 1 amide bonds. The van der Waals surface area contributed by atoms with E-state index in [1.165, 1.54) is 0 Å². The predicted octanol–water partition coefficient (Wildman–Crippen LogP) is 2.55. The first-order valence-electron chi connectivity index (χ1n) is 6.50. The van der Waals surface area contributed by atoms with Gasteiger partial charge >= 0.3 is 0 Å². The molecule has 104 valence electrons. The molecule has 2 atom stereocenters. The Morgan fingerprint density at radius 2 is 2.26 bits per heavy atom. The maximum Gasteiger partial charge on any atom is 0.261 e. The number of benzene rings is 1. The number of aliphatic hydroxyl groups excluding tert-OH is 1. The molecule has 4 nitrogen and oxygen atoms in total. The van der Waals surface area contributed by atoms with Crippen molar-refractivity contribution in [2.45, 2.75) is 38.4 Å². The van der Waals surface area contributed by atoms with Crippen LogP contribution in [0.2, 0.25) is 0 Å². The van der Waals surface area contributed by atoms with Gasteiger partial charge in [0.15, 0.2) is 6.10 Å². The first kappa shape index (κ1) is 14.3. The summed E-state index contributed by atoms with van der Waals surface area (Å²) in [4.78, 5) is 11.9. The Labute approximate surface area is 121 Å². The van der Waals surface area contributed by atoms with Gasteiger partial charge in [0.2, 0.25) is 0 Å².